The minimum Gasteiger partial charge on any atom is -0.370 e. The molecule has 0 saturated heterocycles. The van der Waals surface area contributed by atoms with Gasteiger partial charge in [-0.25, -0.2) is 0 Å². The largest absolute Gasteiger partial charge is 0.370 e. The maximum absolute atomic E-state index is 10.9. The van der Waals surface area contributed by atoms with Crippen LogP contribution in [0.3, 0.4) is 0 Å². The molecule has 0 bridgehead atoms. The molecule has 100 valence electrons. The molecule has 1 aromatic rings. The van der Waals surface area contributed by atoms with E-state index >= 15 is 0 Å². The van der Waals surface area contributed by atoms with Gasteiger partial charge in [0.1, 0.15) is 0 Å². The van der Waals surface area contributed by atoms with E-state index in [1.165, 1.54) is 11.3 Å². The fraction of sp³-hybridized carbons (Fsp3) is 0.692. The number of amides is 1. The topological polar surface area (TPSA) is 86.9 Å². The lowest BCUT2D eigenvalue weighted by molar-refractivity contribution is -0.118. The Kier molecular flexibility index (Phi) is 4.01. The van der Waals surface area contributed by atoms with E-state index in [0.717, 1.165) is 31.4 Å². The van der Waals surface area contributed by atoms with Crippen molar-refractivity contribution in [2.24, 2.45) is 11.5 Å². The van der Waals surface area contributed by atoms with E-state index < -0.39 is 0 Å². The molecule has 0 fully saturated rings. The molecule has 1 amide bonds. The summed E-state index contributed by atoms with van der Waals surface area (Å²) in [6.07, 6.45) is 4.61. The van der Waals surface area contributed by atoms with E-state index in [1.807, 2.05) is 4.68 Å². The van der Waals surface area contributed by atoms with Crippen LogP contribution in [0.5, 0.6) is 0 Å². The molecule has 18 heavy (non-hydrogen) atoms. The third-order valence-corrected chi connectivity index (χ3v) is 3.74. The summed E-state index contributed by atoms with van der Waals surface area (Å²) in [4.78, 5) is 10.9. The standard InChI is InChI=1S/C13H22N4O/c1-2-10-13-9(8-14)4-3-5-11(13)17(16-10)7-6-12(15)18/h9H,2-8,14H2,1H3,(H2,15,18). The molecule has 2 rings (SSSR count). The summed E-state index contributed by atoms with van der Waals surface area (Å²) < 4.78 is 1.97. The number of hydrogen-bond acceptors (Lipinski definition) is 3. The van der Waals surface area contributed by atoms with Crippen molar-refractivity contribution in [3.8, 4) is 0 Å². The van der Waals surface area contributed by atoms with Crippen LogP contribution in [-0.4, -0.2) is 22.2 Å². The van der Waals surface area contributed by atoms with E-state index in [4.69, 9.17) is 11.5 Å². The Morgan fingerprint density at radius 1 is 1.56 bits per heavy atom. The average molecular weight is 250 g/mol. The monoisotopic (exact) mass is 250 g/mol. The van der Waals surface area contributed by atoms with Crippen LogP contribution in [0.1, 0.15) is 49.1 Å². The van der Waals surface area contributed by atoms with Gasteiger partial charge in [-0.2, -0.15) is 5.10 Å². The van der Waals surface area contributed by atoms with Crippen molar-refractivity contribution in [1.82, 2.24) is 9.78 Å². The second-order valence-corrected chi connectivity index (χ2v) is 4.92. The molecule has 0 aromatic carbocycles. The van der Waals surface area contributed by atoms with Gasteiger partial charge in [-0.05, 0) is 38.1 Å². The molecule has 1 aromatic heterocycles. The molecular weight excluding hydrogens is 228 g/mol. The zero-order chi connectivity index (χ0) is 13.1. The fourth-order valence-electron chi connectivity index (χ4n) is 2.86. The first-order valence-electron chi connectivity index (χ1n) is 6.74. The summed E-state index contributed by atoms with van der Waals surface area (Å²) in [6.45, 7) is 3.39. The Morgan fingerprint density at radius 3 is 2.94 bits per heavy atom. The van der Waals surface area contributed by atoms with Crippen molar-refractivity contribution < 1.29 is 4.79 Å². The fourth-order valence-corrected chi connectivity index (χ4v) is 2.86. The van der Waals surface area contributed by atoms with Crippen molar-refractivity contribution in [2.75, 3.05) is 6.54 Å². The molecule has 1 atom stereocenters. The van der Waals surface area contributed by atoms with Crippen LogP contribution in [0, 0.1) is 0 Å². The van der Waals surface area contributed by atoms with Crippen molar-refractivity contribution in [1.29, 1.82) is 0 Å². The molecule has 5 heteroatoms. The highest BCUT2D eigenvalue weighted by molar-refractivity contribution is 5.73. The number of hydrogen-bond donors (Lipinski definition) is 2. The summed E-state index contributed by atoms with van der Waals surface area (Å²) in [5.74, 6) is 0.162. The molecule has 1 aliphatic carbocycles. The first kappa shape index (κ1) is 13.1. The van der Waals surface area contributed by atoms with Crippen LogP contribution in [0.25, 0.3) is 0 Å². The first-order valence-corrected chi connectivity index (χ1v) is 6.74. The van der Waals surface area contributed by atoms with Crippen molar-refractivity contribution in [3.63, 3.8) is 0 Å². The maximum atomic E-state index is 10.9. The van der Waals surface area contributed by atoms with Crippen molar-refractivity contribution in [3.05, 3.63) is 17.0 Å². The molecule has 5 nitrogen and oxygen atoms in total. The molecule has 1 aliphatic rings. The lowest BCUT2D eigenvalue weighted by Crippen LogP contribution is -2.21. The summed E-state index contributed by atoms with van der Waals surface area (Å²) in [6, 6.07) is 0. The van der Waals surface area contributed by atoms with Crippen LogP contribution in [-0.2, 0) is 24.2 Å². The number of carbonyl (C=O) groups is 1. The number of primary amides is 1. The predicted molar refractivity (Wildman–Crippen MR) is 70.1 cm³/mol. The second-order valence-electron chi connectivity index (χ2n) is 4.92. The third-order valence-electron chi connectivity index (χ3n) is 3.74. The molecule has 4 N–H and O–H groups in total. The lowest BCUT2D eigenvalue weighted by atomic mass is 9.85. The number of carbonyl (C=O) groups excluding carboxylic acids is 1. The minimum atomic E-state index is -0.275. The smallest absolute Gasteiger partial charge is 0.219 e. The van der Waals surface area contributed by atoms with Crippen LogP contribution in [0.4, 0.5) is 0 Å². The van der Waals surface area contributed by atoms with Gasteiger partial charge in [-0.3, -0.25) is 9.48 Å². The highest BCUT2D eigenvalue weighted by atomic mass is 16.1. The van der Waals surface area contributed by atoms with E-state index in [1.54, 1.807) is 0 Å². The summed E-state index contributed by atoms with van der Waals surface area (Å²) in [5, 5.41) is 4.63. The van der Waals surface area contributed by atoms with Crippen molar-refractivity contribution in [2.45, 2.75) is 51.5 Å². The van der Waals surface area contributed by atoms with Crippen LogP contribution in [0.15, 0.2) is 0 Å². The molecule has 1 heterocycles. The molecule has 1 unspecified atom stereocenters. The van der Waals surface area contributed by atoms with E-state index in [0.29, 0.717) is 25.4 Å². The van der Waals surface area contributed by atoms with Gasteiger partial charge in [0.05, 0.1) is 5.69 Å². The molecular formula is C13H22N4O. The van der Waals surface area contributed by atoms with E-state index in [9.17, 15) is 4.79 Å². The van der Waals surface area contributed by atoms with Gasteiger partial charge in [0.25, 0.3) is 0 Å². The Hall–Kier alpha value is -1.36. The van der Waals surface area contributed by atoms with E-state index in [2.05, 4.69) is 12.0 Å². The van der Waals surface area contributed by atoms with Crippen LogP contribution >= 0.6 is 0 Å². The lowest BCUT2D eigenvalue weighted by Gasteiger charge is -2.22. The Labute approximate surface area is 108 Å². The minimum absolute atomic E-state index is 0.275. The van der Waals surface area contributed by atoms with Crippen LogP contribution < -0.4 is 11.5 Å². The number of aryl methyl sites for hydroxylation is 2. The van der Waals surface area contributed by atoms with Gasteiger partial charge >= 0.3 is 0 Å². The SMILES string of the molecule is CCc1nn(CCC(N)=O)c2c1C(CN)CCC2. The number of fused-ring (bicyclic) bond motifs is 1. The summed E-state index contributed by atoms with van der Waals surface area (Å²) >= 11 is 0. The first-order chi connectivity index (χ1) is 8.67. The molecule has 0 saturated carbocycles. The van der Waals surface area contributed by atoms with Gasteiger partial charge in [0, 0.05) is 24.2 Å². The summed E-state index contributed by atoms with van der Waals surface area (Å²) in [7, 11) is 0. The average Bonchev–Trinajstić information content (AvgIpc) is 2.74. The van der Waals surface area contributed by atoms with Gasteiger partial charge < -0.3 is 11.5 Å². The van der Waals surface area contributed by atoms with Crippen molar-refractivity contribution >= 4 is 5.91 Å². The third kappa shape index (κ3) is 2.41. The zero-order valence-electron chi connectivity index (χ0n) is 11.0. The van der Waals surface area contributed by atoms with Gasteiger partial charge in [0.2, 0.25) is 5.91 Å². The Balaban J connectivity index is 2.32. The molecule has 0 aliphatic heterocycles. The van der Waals surface area contributed by atoms with E-state index in [-0.39, 0.29) is 5.91 Å². The number of aromatic nitrogens is 2. The van der Waals surface area contributed by atoms with Gasteiger partial charge in [-0.15, -0.1) is 0 Å². The maximum Gasteiger partial charge on any atom is 0.219 e. The summed E-state index contributed by atoms with van der Waals surface area (Å²) in [5.41, 5.74) is 14.8. The predicted octanol–water partition coefficient (Wildman–Crippen LogP) is 0.699. The Morgan fingerprint density at radius 2 is 2.33 bits per heavy atom. The van der Waals surface area contributed by atoms with Crippen LogP contribution in [0.2, 0.25) is 0 Å². The highest BCUT2D eigenvalue weighted by Gasteiger charge is 2.26. The van der Waals surface area contributed by atoms with Gasteiger partial charge in [0.15, 0.2) is 0 Å². The quantitative estimate of drug-likeness (QED) is 0.806. The molecule has 0 spiro atoms. The number of nitrogens with zero attached hydrogens (tertiary/aromatic N) is 2. The number of rotatable bonds is 5. The molecule has 0 radical (unpaired) electrons. The number of nitrogens with two attached hydrogens (primary N) is 2. The Bertz CT molecular complexity index is 438. The second kappa shape index (κ2) is 5.52. The van der Waals surface area contributed by atoms with Gasteiger partial charge in [-0.1, -0.05) is 6.92 Å². The normalized spacial score (nSPS) is 18.7. The zero-order valence-corrected chi connectivity index (χ0v) is 11.0. The highest BCUT2D eigenvalue weighted by Crippen LogP contribution is 2.33.